The number of nitrogens with one attached hydrogen (secondary N) is 1. The van der Waals surface area contributed by atoms with Gasteiger partial charge in [-0.2, -0.15) is 0 Å². The molecule has 0 radical (unpaired) electrons. The third-order valence-corrected chi connectivity index (χ3v) is 4.98. The quantitative estimate of drug-likeness (QED) is 0.444. The minimum absolute atomic E-state index is 0.0151. The third-order valence-electron chi connectivity index (χ3n) is 4.35. The summed E-state index contributed by atoms with van der Waals surface area (Å²) in [5.74, 6) is -0.215. The number of oxazole rings is 1. The van der Waals surface area contributed by atoms with Crippen molar-refractivity contribution in [1.82, 2.24) is 34.6 Å². The standard InChI is InChI=1S/C19H14N8O2S/c20-17-16(18(28)23-7-12-9-30-10-24-12)25-14(15(26-17)19-22-4-6-29-19)11-1-2-13-21-3-5-27(13)8-11/h1-6,8-10H,7H2,(H2,20,26)(H,23,28). The zero-order valence-electron chi connectivity index (χ0n) is 15.4. The molecule has 5 heterocycles. The van der Waals surface area contributed by atoms with Crippen LogP contribution in [0.5, 0.6) is 0 Å². The molecule has 5 rings (SSSR count). The van der Waals surface area contributed by atoms with Crippen molar-refractivity contribution in [3.05, 3.63) is 65.5 Å². The minimum atomic E-state index is -0.447. The molecule has 0 fully saturated rings. The van der Waals surface area contributed by atoms with Gasteiger partial charge in [-0.25, -0.2) is 24.9 Å². The van der Waals surface area contributed by atoms with E-state index in [9.17, 15) is 4.79 Å². The van der Waals surface area contributed by atoms with Gasteiger partial charge in [-0.1, -0.05) is 0 Å². The number of imidazole rings is 1. The summed E-state index contributed by atoms with van der Waals surface area (Å²) in [4.78, 5) is 34.2. The van der Waals surface area contributed by atoms with Gasteiger partial charge in [-0.15, -0.1) is 11.3 Å². The number of anilines is 1. The van der Waals surface area contributed by atoms with E-state index in [2.05, 4.69) is 30.2 Å². The summed E-state index contributed by atoms with van der Waals surface area (Å²) >= 11 is 1.45. The number of rotatable bonds is 5. The van der Waals surface area contributed by atoms with Crippen molar-refractivity contribution in [2.45, 2.75) is 6.54 Å². The lowest BCUT2D eigenvalue weighted by atomic mass is 10.1. The summed E-state index contributed by atoms with van der Waals surface area (Å²) in [6.07, 6.45) is 8.29. The Hall–Kier alpha value is -4.12. The first-order valence-electron chi connectivity index (χ1n) is 8.85. The van der Waals surface area contributed by atoms with Gasteiger partial charge in [-0.3, -0.25) is 4.79 Å². The fraction of sp³-hybridized carbons (Fsp3) is 0.0526. The molecule has 5 aromatic heterocycles. The topological polar surface area (TPSA) is 137 Å². The molecule has 0 aliphatic rings. The lowest BCUT2D eigenvalue weighted by Crippen LogP contribution is -2.26. The average Bonchev–Trinajstić information content (AvgIpc) is 3.54. The normalized spacial score (nSPS) is 11.1. The Bertz CT molecular complexity index is 1330. The molecular formula is C19H14N8O2S. The van der Waals surface area contributed by atoms with Crippen molar-refractivity contribution in [3.63, 3.8) is 0 Å². The molecule has 0 saturated heterocycles. The molecule has 0 atom stereocenters. The number of pyridine rings is 1. The maximum Gasteiger partial charge on any atom is 0.274 e. The van der Waals surface area contributed by atoms with Crippen LogP contribution >= 0.6 is 11.3 Å². The lowest BCUT2D eigenvalue weighted by molar-refractivity contribution is 0.0946. The Morgan fingerprint density at radius 1 is 1.17 bits per heavy atom. The first-order valence-corrected chi connectivity index (χ1v) is 9.79. The number of aromatic nitrogens is 6. The highest BCUT2D eigenvalue weighted by molar-refractivity contribution is 7.07. The minimum Gasteiger partial charge on any atom is -0.443 e. The maximum absolute atomic E-state index is 12.7. The van der Waals surface area contributed by atoms with Crippen LogP contribution in [-0.4, -0.2) is 35.2 Å². The van der Waals surface area contributed by atoms with Crippen molar-refractivity contribution in [2.24, 2.45) is 0 Å². The smallest absolute Gasteiger partial charge is 0.274 e. The lowest BCUT2D eigenvalue weighted by Gasteiger charge is -2.11. The second-order valence-corrected chi connectivity index (χ2v) is 6.98. The molecule has 1 amide bonds. The summed E-state index contributed by atoms with van der Waals surface area (Å²) in [5, 5.41) is 4.62. The SMILES string of the molecule is Nc1nc(-c2ncco2)c(-c2ccc3nccn3c2)nc1C(=O)NCc1cscn1. The molecule has 30 heavy (non-hydrogen) atoms. The Kier molecular flexibility index (Phi) is 4.41. The Morgan fingerprint density at radius 2 is 2.10 bits per heavy atom. The van der Waals surface area contributed by atoms with Crippen molar-refractivity contribution >= 4 is 28.7 Å². The van der Waals surface area contributed by atoms with Crippen LogP contribution < -0.4 is 11.1 Å². The van der Waals surface area contributed by atoms with Crippen LogP contribution in [0.3, 0.4) is 0 Å². The molecule has 0 aromatic carbocycles. The van der Waals surface area contributed by atoms with E-state index in [0.717, 1.165) is 11.3 Å². The van der Waals surface area contributed by atoms with Crippen LogP contribution in [0.1, 0.15) is 16.2 Å². The summed E-state index contributed by atoms with van der Waals surface area (Å²) in [5.41, 5.74) is 10.8. The highest BCUT2D eigenvalue weighted by Gasteiger charge is 2.22. The van der Waals surface area contributed by atoms with E-state index >= 15 is 0 Å². The van der Waals surface area contributed by atoms with E-state index in [1.165, 1.54) is 23.8 Å². The molecule has 0 spiro atoms. The number of nitrogens with two attached hydrogens (primary N) is 1. The molecule has 148 valence electrons. The average molecular weight is 418 g/mol. The largest absolute Gasteiger partial charge is 0.443 e. The molecular weight excluding hydrogens is 404 g/mol. The molecule has 0 aliphatic carbocycles. The Morgan fingerprint density at radius 3 is 2.90 bits per heavy atom. The first-order chi connectivity index (χ1) is 14.7. The molecule has 5 aromatic rings. The number of fused-ring (bicyclic) bond motifs is 1. The molecule has 0 bridgehead atoms. The predicted molar refractivity (Wildman–Crippen MR) is 109 cm³/mol. The Labute approximate surface area is 173 Å². The zero-order valence-corrected chi connectivity index (χ0v) is 16.2. The fourth-order valence-corrected chi connectivity index (χ4v) is 3.50. The van der Waals surface area contributed by atoms with Gasteiger partial charge < -0.3 is 19.9 Å². The van der Waals surface area contributed by atoms with E-state index in [4.69, 9.17) is 10.2 Å². The van der Waals surface area contributed by atoms with E-state index in [1.54, 1.807) is 11.7 Å². The van der Waals surface area contributed by atoms with Crippen molar-refractivity contribution in [1.29, 1.82) is 0 Å². The van der Waals surface area contributed by atoms with Crippen LogP contribution in [0.4, 0.5) is 5.82 Å². The van der Waals surface area contributed by atoms with Crippen LogP contribution in [0.25, 0.3) is 28.5 Å². The van der Waals surface area contributed by atoms with E-state index in [1.807, 2.05) is 34.3 Å². The number of carbonyl (C=O) groups is 1. The van der Waals surface area contributed by atoms with Crippen LogP contribution in [0.15, 0.2) is 58.5 Å². The van der Waals surface area contributed by atoms with Gasteiger partial charge in [-0.05, 0) is 12.1 Å². The van der Waals surface area contributed by atoms with E-state index < -0.39 is 5.91 Å². The van der Waals surface area contributed by atoms with Crippen molar-refractivity contribution in [2.75, 3.05) is 5.73 Å². The maximum atomic E-state index is 12.7. The summed E-state index contributed by atoms with van der Waals surface area (Å²) in [6.45, 7) is 0.265. The van der Waals surface area contributed by atoms with E-state index in [0.29, 0.717) is 17.0 Å². The summed E-state index contributed by atoms with van der Waals surface area (Å²) < 4.78 is 7.25. The van der Waals surface area contributed by atoms with Gasteiger partial charge >= 0.3 is 0 Å². The molecule has 10 nitrogen and oxygen atoms in total. The number of hydrogen-bond acceptors (Lipinski definition) is 9. The fourth-order valence-electron chi connectivity index (χ4n) is 2.95. The number of nitrogen functional groups attached to an aromatic ring is 1. The molecule has 0 unspecified atom stereocenters. The number of nitrogens with zero attached hydrogens (tertiary/aromatic N) is 6. The third kappa shape index (κ3) is 3.26. The summed E-state index contributed by atoms with van der Waals surface area (Å²) in [6, 6.07) is 3.68. The summed E-state index contributed by atoms with van der Waals surface area (Å²) in [7, 11) is 0. The highest BCUT2D eigenvalue weighted by atomic mass is 32.1. The monoisotopic (exact) mass is 418 g/mol. The molecule has 11 heteroatoms. The van der Waals surface area contributed by atoms with Crippen LogP contribution in [0, 0.1) is 0 Å². The second-order valence-electron chi connectivity index (χ2n) is 6.26. The molecule has 3 N–H and O–H groups in total. The number of thiazole rings is 1. The number of carbonyl (C=O) groups excluding carboxylic acids is 1. The predicted octanol–water partition coefficient (Wildman–Crippen LogP) is 2.42. The van der Waals surface area contributed by atoms with Gasteiger partial charge in [0.2, 0.25) is 5.89 Å². The number of hydrogen-bond donors (Lipinski definition) is 2. The van der Waals surface area contributed by atoms with Gasteiger partial charge in [0.25, 0.3) is 5.91 Å². The first kappa shape index (κ1) is 17.9. The molecule has 0 aliphatic heterocycles. The second kappa shape index (κ2) is 7.37. The number of amides is 1. The van der Waals surface area contributed by atoms with Crippen LogP contribution in [0.2, 0.25) is 0 Å². The van der Waals surface area contributed by atoms with E-state index in [-0.39, 0.29) is 23.9 Å². The van der Waals surface area contributed by atoms with Crippen molar-refractivity contribution < 1.29 is 9.21 Å². The van der Waals surface area contributed by atoms with Gasteiger partial charge in [0.1, 0.15) is 17.6 Å². The molecule has 0 saturated carbocycles. The van der Waals surface area contributed by atoms with Gasteiger partial charge in [0.05, 0.1) is 23.9 Å². The van der Waals surface area contributed by atoms with Crippen LogP contribution in [-0.2, 0) is 6.54 Å². The highest BCUT2D eigenvalue weighted by Crippen LogP contribution is 2.30. The Balaban J connectivity index is 1.59. The van der Waals surface area contributed by atoms with Gasteiger partial charge in [0, 0.05) is 29.5 Å². The van der Waals surface area contributed by atoms with Gasteiger partial charge in [0.15, 0.2) is 17.2 Å². The zero-order chi connectivity index (χ0) is 20.5. The van der Waals surface area contributed by atoms with Crippen molar-refractivity contribution in [3.8, 4) is 22.8 Å².